The zero-order valence-electron chi connectivity index (χ0n) is 8.72. The van der Waals surface area contributed by atoms with Gasteiger partial charge in [0.25, 0.3) is 0 Å². The predicted molar refractivity (Wildman–Crippen MR) is 54.9 cm³/mol. The molecule has 1 aliphatic rings. The third kappa shape index (κ3) is 2.13. The number of pyridine rings is 1. The van der Waals surface area contributed by atoms with Crippen LogP contribution in [0.5, 0.6) is 0 Å². The molecule has 0 saturated heterocycles. The Bertz CT molecular complexity index is 381. The van der Waals surface area contributed by atoms with Crippen LogP contribution >= 0.6 is 0 Å². The number of nitrogens with two attached hydrogens (primary N) is 1. The van der Waals surface area contributed by atoms with E-state index in [2.05, 4.69) is 4.98 Å². The van der Waals surface area contributed by atoms with Gasteiger partial charge in [0.15, 0.2) is 5.69 Å². The Hall–Kier alpha value is -1.26. The molecule has 1 saturated carbocycles. The predicted octanol–water partition coefficient (Wildman–Crippen LogP) is 3.34. The maximum absolute atomic E-state index is 12.4. The maximum atomic E-state index is 12.4. The molecule has 0 atom stereocenters. The molecular weight excluding hydrogens is 217 g/mol. The van der Waals surface area contributed by atoms with Gasteiger partial charge in [0, 0.05) is 6.20 Å². The first-order valence-corrected chi connectivity index (χ1v) is 5.31. The maximum Gasteiger partial charge on any atom is 0.435 e. The highest BCUT2D eigenvalue weighted by atomic mass is 19.4. The first-order valence-electron chi connectivity index (χ1n) is 5.31. The van der Waals surface area contributed by atoms with Crippen LogP contribution in [0, 0.1) is 0 Å². The highest BCUT2D eigenvalue weighted by Crippen LogP contribution is 2.37. The molecule has 0 spiro atoms. The lowest BCUT2D eigenvalue weighted by Crippen LogP contribution is -2.12. The molecule has 1 aromatic rings. The van der Waals surface area contributed by atoms with Gasteiger partial charge in [0.05, 0.1) is 5.69 Å². The lowest BCUT2D eigenvalue weighted by Gasteiger charge is -2.13. The second-order valence-corrected chi connectivity index (χ2v) is 4.19. The van der Waals surface area contributed by atoms with E-state index < -0.39 is 11.9 Å². The van der Waals surface area contributed by atoms with Crippen LogP contribution in [0.25, 0.3) is 0 Å². The summed E-state index contributed by atoms with van der Waals surface area (Å²) in [5.41, 5.74) is 4.98. The molecule has 0 aromatic carbocycles. The first-order chi connectivity index (χ1) is 7.48. The second-order valence-electron chi connectivity index (χ2n) is 4.19. The van der Waals surface area contributed by atoms with E-state index in [4.69, 9.17) is 5.73 Å². The van der Waals surface area contributed by atoms with Crippen molar-refractivity contribution in [3.05, 3.63) is 23.5 Å². The molecule has 88 valence electrons. The minimum absolute atomic E-state index is 0.267. The number of halogens is 3. The van der Waals surface area contributed by atoms with E-state index in [1.165, 1.54) is 12.3 Å². The Morgan fingerprint density at radius 2 is 1.88 bits per heavy atom. The molecule has 1 fully saturated rings. The Balaban J connectivity index is 2.29. The molecule has 16 heavy (non-hydrogen) atoms. The summed E-state index contributed by atoms with van der Waals surface area (Å²) in [4.78, 5) is 3.44. The number of alkyl halides is 3. The first kappa shape index (κ1) is 11.2. The Labute approximate surface area is 91.7 Å². The number of nitrogen functional groups attached to an aromatic ring is 1. The minimum Gasteiger partial charge on any atom is -0.397 e. The smallest absolute Gasteiger partial charge is 0.397 e. The van der Waals surface area contributed by atoms with Gasteiger partial charge >= 0.3 is 6.18 Å². The fraction of sp³-hybridized carbons (Fsp3) is 0.545. The van der Waals surface area contributed by atoms with E-state index in [0.29, 0.717) is 5.92 Å². The van der Waals surface area contributed by atoms with Crippen molar-refractivity contribution in [2.24, 2.45) is 0 Å². The normalized spacial score (nSPS) is 17.9. The zero-order valence-corrected chi connectivity index (χ0v) is 8.72. The Morgan fingerprint density at radius 1 is 1.25 bits per heavy atom. The largest absolute Gasteiger partial charge is 0.435 e. The van der Waals surface area contributed by atoms with E-state index in [-0.39, 0.29) is 5.69 Å². The molecule has 0 radical (unpaired) electrons. The third-order valence-electron chi connectivity index (χ3n) is 3.03. The molecule has 2 nitrogen and oxygen atoms in total. The fourth-order valence-electron chi connectivity index (χ4n) is 2.22. The van der Waals surface area contributed by atoms with Crippen LogP contribution < -0.4 is 5.73 Å². The standard InChI is InChI=1S/C11H13F3N2/c12-11(13,14)10-9(15)5-8(6-16-10)7-3-1-2-4-7/h5-7H,1-4,15H2. The van der Waals surface area contributed by atoms with Gasteiger partial charge in [-0.15, -0.1) is 0 Å². The van der Waals surface area contributed by atoms with Crippen LogP contribution in [0.15, 0.2) is 12.3 Å². The van der Waals surface area contributed by atoms with Gasteiger partial charge in [0.1, 0.15) is 0 Å². The summed E-state index contributed by atoms with van der Waals surface area (Å²) < 4.78 is 37.2. The van der Waals surface area contributed by atoms with Crippen LogP contribution in [0.1, 0.15) is 42.9 Å². The summed E-state index contributed by atoms with van der Waals surface area (Å²) in [6.45, 7) is 0. The summed E-state index contributed by atoms with van der Waals surface area (Å²) in [6, 6.07) is 1.42. The highest BCUT2D eigenvalue weighted by molar-refractivity contribution is 5.47. The van der Waals surface area contributed by atoms with Crippen molar-refractivity contribution in [2.75, 3.05) is 5.73 Å². The summed E-state index contributed by atoms with van der Waals surface area (Å²) in [5, 5.41) is 0. The zero-order chi connectivity index (χ0) is 11.8. The number of nitrogens with zero attached hydrogens (tertiary/aromatic N) is 1. The van der Waals surface area contributed by atoms with E-state index in [0.717, 1.165) is 31.2 Å². The van der Waals surface area contributed by atoms with Crippen molar-refractivity contribution in [2.45, 2.75) is 37.8 Å². The lowest BCUT2D eigenvalue weighted by atomic mass is 9.99. The number of hydrogen-bond acceptors (Lipinski definition) is 2. The van der Waals surface area contributed by atoms with Crippen molar-refractivity contribution < 1.29 is 13.2 Å². The van der Waals surface area contributed by atoms with Crippen LogP contribution in [0.2, 0.25) is 0 Å². The minimum atomic E-state index is -4.46. The second kappa shape index (κ2) is 3.96. The monoisotopic (exact) mass is 230 g/mol. The molecule has 0 amide bonds. The summed E-state index contributed by atoms with van der Waals surface area (Å²) >= 11 is 0. The molecule has 1 aliphatic carbocycles. The SMILES string of the molecule is Nc1cc(C2CCCC2)cnc1C(F)(F)F. The molecule has 0 unspecified atom stereocenters. The number of aromatic nitrogens is 1. The van der Waals surface area contributed by atoms with E-state index in [1.807, 2.05) is 0 Å². The molecule has 5 heteroatoms. The summed E-state index contributed by atoms with van der Waals surface area (Å²) in [5.74, 6) is 0.331. The van der Waals surface area contributed by atoms with Gasteiger partial charge in [-0.05, 0) is 30.4 Å². The van der Waals surface area contributed by atoms with E-state index in [9.17, 15) is 13.2 Å². The molecule has 1 aromatic heterocycles. The fourth-order valence-corrected chi connectivity index (χ4v) is 2.22. The highest BCUT2D eigenvalue weighted by Gasteiger charge is 2.35. The molecule has 1 heterocycles. The Morgan fingerprint density at radius 3 is 2.38 bits per heavy atom. The van der Waals surface area contributed by atoms with Gasteiger partial charge in [0.2, 0.25) is 0 Å². The average molecular weight is 230 g/mol. The van der Waals surface area contributed by atoms with Crippen LogP contribution in [-0.4, -0.2) is 4.98 Å². The summed E-state index contributed by atoms with van der Waals surface area (Å²) in [7, 11) is 0. The quantitative estimate of drug-likeness (QED) is 0.803. The molecule has 2 N–H and O–H groups in total. The average Bonchev–Trinajstić information content (AvgIpc) is 2.68. The van der Waals surface area contributed by atoms with Gasteiger partial charge < -0.3 is 5.73 Å². The Kier molecular flexibility index (Phi) is 2.78. The third-order valence-corrected chi connectivity index (χ3v) is 3.03. The molecular formula is C11H13F3N2. The van der Waals surface area contributed by atoms with Crippen LogP contribution in [-0.2, 0) is 6.18 Å². The van der Waals surface area contributed by atoms with Crippen molar-refractivity contribution in [3.63, 3.8) is 0 Å². The van der Waals surface area contributed by atoms with Crippen molar-refractivity contribution >= 4 is 5.69 Å². The number of anilines is 1. The van der Waals surface area contributed by atoms with Gasteiger partial charge in [-0.1, -0.05) is 12.8 Å². The van der Waals surface area contributed by atoms with Gasteiger partial charge in [-0.25, -0.2) is 4.98 Å². The van der Waals surface area contributed by atoms with E-state index in [1.54, 1.807) is 0 Å². The summed E-state index contributed by atoms with van der Waals surface area (Å²) in [6.07, 6.45) is 1.16. The van der Waals surface area contributed by atoms with Crippen molar-refractivity contribution in [3.8, 4) is 0 Å². The van der Waals surface area contributed by atoms with E-state index >= 15 is 0 Å². The van der Waals surface area contributed by atoms with Crippen LogP contribution in [0.3, 0.4) is 0 Å². The van der Waals surface area contributed by atoms with Crippen molar-refractivity contribution in [1.82, 2.24) is 4.98 Å². The van der Waals surface area contributed by atoms with Crippen LogP contribution in [0.4, 0.5) is 18.9 Å². The van der Waals surface area contributed by atoms with Crippen molar-refractivity contribution in [1.29, 1.82) is 0 Å². The number of hydrogen-bond donors (Lipinski definition) is 1. The topological polar surface area (TPSA) is 38.9 Å². The molecule has 0 bridgehead atoms. The van der Waals surface area contributed by atoms with Gasteiger partial charge in [-0.2, -0.15) is 13.2 Å². The number of rotatable bonds is 1. The molecule has 0 aliphatic heterocycles. The molecule has 2 rings (SSSR count). The lowest BCUT2D eigenvalue weighted by molar-refractivity contribution is -0.140. The van der Waals surface area contributed by atoms with Gasteiger partial charge in [-0.3, -0.25) is 0 Å².